The third-order valence-corrected chi connectivity index (χ3v) is 7.10. The molecule has 2 aromatic carbocycles. The summed E-state index contributed by atoms with van der Waals surface area (Å²) in [6.45, 7) is 2.70. The van der Waals surface area contributed by atoms with Crippen molar-refractivity contribution in [2.75, 3.05) is 54.6 Å². The van der Waals surface area contributed by atoms with Crippen molar-refractivity contribution < 1.29 is 27.4 Å². The summed E-state index contributed by atoms with van der Waals surface area (Å²) in [7, 11) is 2.66. The minimum atomic E-state index is -3.61. The maximum atomic E-state index is 13.1. The molecule has 0 amide bonds. The predicted octanol–water partition coefficient (Wildman–Crippen LogP) is 2.23. The summed E-state index contributed by atoms with van der Waals surface area (Å²) in [4.78, 5) is 2.40. The summed E-state index contributed by atoms with van der Waals surface area (Å²) < 4.78 is 48.9. The maximum Gasteiger partial charge on any atom is 0.243 e. The highest BCUT2D eigenvalue weighted by atomic mass is 32.2. The Balaban J connectivity index is 1.69. The summed E-state index contributed by atoms with van der Waals surface area (Å²) in [6.07, 6.45) is 0. The van der Waals surface area contributed by atoms with Crippen molar-refractivity contribution in [3.8, 4) is 23.0 Å². The fourth-order valence-electron chi connectivity index (χ4n) is 3.50. The Morgan fingerprint density at radius 2 is 1.40 bits per heavy atom. The van der Waals surface area contributed by atoms with Crippen LogP contribution in [-0.4, -0.2) is 72.2 Å². The van der Waals surface area contributed by atoms with E-state index in [4.69, 9.17) is 18.9 Å². The van der Waals surface area contributed by atoms with Crippen LogP contribution < -0.4 is 18.9 Å². The topological polar surface area (TPSA) is 77.5 Å². The zero-order valence-corrected chi connectivity index (χ0v) is 18.6. The van der Waals surface area contributed by atoms with Crippen molar-refractivity contribution in [1.29, 1.82) is 0 Å². The van der Waals surface area contributed by atoms with Gasteiger partial charge in [-0.05, 0) is 30.3 Å². The van der Waals surface area contributed by atoms with Crippen LogP contribution in [0.5, 0.6) is 23.0 Å². The van der Waals surface area contributed by atoms with Gasteiger partial charge >= 0.3 is 0 Å². The van der Waals surface area contributed by atoms with Crippen LogP contribution in [0, 0.1) is 0 Å². The first-order valence-electron chi connectivity index (χ1n) is 9.58. The number of hydrogen-bond donors (Lipinski definition) is 0. The van der Waals surface area contributed by atoms with Crippen LogP contribution >= 0.6 is 0 Å². The highest BCUT2D eigenvalue weighted by Gasteiger charge is 2.29. The van der Waals surface area contributed by atoms with E-state index in [2.05, 4.69) is 4.90 Å². The Hall–Kier alpha value is -2.49. The Labute approximate surface area is 178 Å². The van der Waals surface area contributed by atoms with Crippen molar-refractivity contribution in [2.24, 2.45) is 0 Å². The summed E-state index contributed by atoms with van der Waals surface area (Å²) in [6, 6.07) is 10.3. The van der Waals surface area contributed by atoms with E-state index in [1.807, 2.05) is 18.2 Å². The molecule has 0 spiro atoms. The van der Waals surface area contributed by atoms with Crippen molar-refractivity contribution in [2.45, 2.75) is 11.4 Å². The second-order valence-corrected chi connectivity index (χ2v) is 8.81. The van der Waals surface area contributed by atoms with Crippen molar-refractivity contribution in [3.05, 3.63) is 42.0 Å². The van der Waals surface area contributed by atoms with Crippen LogP contribution in [0.15, 0.2) is 41.3 Å². The average Bonchev–Trinajstić information content (AvgIpc) is 2.78. The van der Waals surface area contributed by atoms with Gasteiger partial charge in [-0.25, -0.2) is 8.42 Å². The molecule has 0 bridgehead atoms. The van der Waals surface area contributed by atoms with E-state index >= 15 is 0 Å². The second kappa shape index (κ2) is 9.55. The van der Waals surface area contributed by atoms with Crippen molar-refractivity contribution in [3.63, 3.8) is 0 Å². The molecule has 0 radical (unpaired) electrons. The minimum Gasteiger partial charge on any atom is -0.497 e. The van der Waals surface area contributed by atoms with Crippen LogP contribution in [0.1, 0.15) is 5.56 Å². The molecule has 0 atom stereocenters. The van der Waals surface area contributed by atoms with Crippen LogP contribution in [0.25, 0.3) is 0 Å². The van der Waals surface area contributed by atoms with Gasteiger partial charge in [0.1, 0.15) is 11.5 Å². The smallest absolute Gasteiger partial charge is 0.243 e. The Bertz CT molecular complexity index is 971. The van der Waals surface area contributed by atoms with Gasteiger partial charge in [-0.15, -0.1) is 0 Å². The van der Waals surface area contributed by atoms with Gasteiger partial charge < -0.3 is 18.9 Å². The Kier molecular flexibility index (Phi) is 7.06. The number of methoxy groups -OCH3 is 4. The minimum absolute atomic E-state index is 0.197. The first-order valence-corrected chi connectivity index (χ1v) is 11.0. The molecule has 30 heavy (non-hydrogen) atoms. The highest BCUT2D eigenvalue weighted by Crippen LogP contribution is 2.31. The fourth-order valence-corrected chi connectivity index (χ4v) is 4.94. The molecule has 164 valence electrons. The first kappa shape index (κ1) is 22.2. The Morgan fingerprint density at radius 1 is 0.767 bits per heavy atom. The van der Waals surface area contributed by atoms with Gasteiger partial charge in [-0.2, -0.15) is 4.31 Å². The van der Waals surface area contributed by atoms with Gasteiger partial charge in [0.15, 0.2) is 11.5 Å². The molecule has 0 unspecified atom stereocenters. The molecular formula is C21H28N2O6S. The van der Waals surface area contributed by atoms with Crippen molar-refractivity contribution in [1.82, 2.24) is 9.21 Å². The molecule has 1 fully saturated rings. The summed E-state index contributed by atoms with van der Waals surface area (Å²) in [5.74, 6) is 2.44. The summed E-state index contributed by atoms with van der Waals surface area (Å²) in [5.41, 5.74) is 1.01. The molecular weight excluding hydrogens is 408 g/mol. The number of benzene rings is 2. The van der Waals surface area contributed by atoms with Crippen LogP contribution in [0.3, 0.4) is 0 Å². The van der Waals surface area contributed by atoms with Gasteiger partial charge in [0, 0.05) is 44.4 Å². The molecule has 0 N–H and O–H groups in total. The lowest BCUT2D eigenvalue weighted by Crippen LogP contribution is -2.48. The van der Waals surface area contributed by atoms with E-state index in [9.17, 15) is 8.42 Å². The number of sulfonamides is 1. The predicted molar refractivity (Wildman–Crippen MR) is 113 cm³/mol. The molecule has 9 heteroatoms. The molecule has 1 aliphatic heterocycles. The zero-order chi connectivity index (χ0) is 21.7. The zero-order valence-electron chi connectivity index (χ0n) is 17.8. The molecule has 0 aromatic heterocycles. The lowest BCUT2D eigenvalue weighted by molar-refractivity contribution is 0.180. The third-order valence-electron chi connectivity index (χ3n) is 5.21. The monoisotopic (exact) mass is 436 g/mol. The van der Waals surface area contributed by atoms with E-state index in [0.717, 1.165) is 17.1 Å². The number of ether oxygens (including phenoxy) is 4. The van der Waals surface area contributed by atoms with E-state index < -0.39 is 10.0 Å². The molecule has 3 rings (SSSR count). The van der Waals surface area contributed by atoms with Gasteiger partial charge in [-0.1, -0.05) is 0 Å². The number of nitrogens with zero attached hydrogens (tertiary/aromatic N) is 2. The van der Waals surface area contributed by atoms with E-state index in [-0.39, 0.29) is 4.90 Å². The van der Waals surface area contributed by atoms with Gasteiger partial charge in [0.05, 0.1) is 33.3 Å². The van der Waals surface area contributed by atoms with Crippen LogP contribution in [0.2, 0.25) is 0 Å². The first-order chi connectivity index (χ1) is 14.4. The number of hydrogen-bond acceptors (Lipinski definition) is 7. The molecule has 2 aromatic rings. The van der Waals surface area contributed by atoms with Gasteiger partial charge in [0.25, 0.3) is 0 Å². The standard InChI is InChI=1S/C21H28N2O6S/c1-26-17-5-7-19(27-2)16(13-17)15-22-9-11-23(12-10-22)30(24,25)18-6-8-20(28-3)21(14-18)29-4/h5-8,13-14H,9-12,15H2,1-4H3. The molecule has 1 heterocycles. The quantitative estimate of drug-likeness (QED) is 0.628. The lowest BCUT2D eigenvalue weighted by Gasteiger charge is -2.34. The fraction of sp³-hybridized carbons (Fsp3) is 0.429. The second-order valence-electron chi connectivity index (χ2n) is 6.87. The SMILES string of the molecule is COc1ccc(OC)c(CN2CCN(S(=O)(=O)c3ccc(OC)c(OC)c3)CC2)c1. The van der Waals surface area contributed by atoms with Crippen molar-refractivity contribution >= 4 is 10.0 Å². The normalized spacial score (nSPS) is 15.6. The highest BCUT2D eigenvalue weighted by molar-refractivity contribution is 7.89. The number of rotatable bonds is 8. The van der Waals surface area contributed by atoms with Gasteiger partial charge in [-0.3, -0.25) is 4.90 Å². The summed E-state index contributed by atoms with van der Waals surface area (Å²) >= 11 is 0. The van der Waals surface area contributed by atoms with Crippen LogP contribution in [-0.2, 0) is 16.6 Å². The van der Waals surface area contributed by atoms with Crippen LogP contribution in [0.4, 0.5) is 0 Å². The number of piperazine rings is 1. The largest absolute Gasteiger partial charge is 0.497 e. The molecule has 1 saturated heterocycles. The van der Waals surface area contributed by atoms with E-state index in [1.165, 1.54) is 24.6 Å². The van der Waals surface area contributed by atoms with E-state index in [1.54, 1.807) is 26.4 Å². The average molecular weight is 437 g/mol. The molecule has 0 aliphatic carbocycles. The third kappa shape index (κ3) is 4.63. The Morgan fingerprint density at radius 3 is 2.00 bits per heavy atom. The molecule has 8 nitrogen and oxygen atoms in total. The van der Waals surface area contributed by atoms with E-state index in [0.29, 0.717) is 44.2 Å². The summed E-state index contributed by atoms with van der Waals surface area (Å²) in [5, 5.41) is 0. The molecule has 1 aliphatic rings. The maximum absolute atomic E-state index is 13.1. The lowest BCUT2D eigenvalue weighted by atomic mass is 10.1. The van der Waals surface area contributed by atoms with Gasteiger partial charge in [0.2, 0.25) is 10.0 Å². The molecule has 0 saturated carbocycles.